The first-order chi connectivity index (χ1) is 16.4. The molecule has 0 bridgehead atoms. The summed E-state index contributed by atoms with van der Waals surface area (Å²) in [4.78, 5) is 25.0. The van der Waals surface area contributed by atoms with Crippen LogP contribution in [0.25, 0.3) is 11.1 Å². The zero-order valence-electron chi connectivity index (χ0n) is 20.5. The van der Waals surface area contributed by atoms with Crippen molar-refractivity contribution >= 4 is 11.9 Å². The molecule has 3 aliphatic rings. The second kappa shape index (κ2) is 11.6. The van der Waals surface area contributed by atoms with Crippen LogP contribution >= 0.6 is 0 Å². The number of carboxylic acids is 1. The Kier molecular flexibility index (Phi) is 8.84. The van der Waals surface area contributed by atoms with E-state index in [-0.39, 0.29) is 23.4 Å². The lowest BCUT2D eigenvalue weighted by atomic mass is 9.93. The molecule has 2 aromatic rings. The zero-order valence-corrected chi connectivity index (χ0v) is 20.5. The maximum Gasteiger partial charge on any atom is 0.335 e. The molecule has 5 nitrogen and oxygen atoms in total. The van der Waals surface area contributed by atoms with E-state index in [4.69, 9.17) is 9.84 Å². The molecule has 1 amide bonds. The summed E-state index contributed by atoms with van der Waals surface area (Å²) in [6.45, 7) is 8.28. The molecule has 1 aliphatic carbocycles. The Morgan fingerprint density at radius 2 is 1.71 bits per heavy atom. The van der Waals surface area contributed by atoms with Crippen LogP contribution < -0.4 is 0 Å². The van der Waals surface area contributed by atoms with E-state index in [1.54, 1.807) is 31.2 Å². The Balaban J connectivity index is 0.000000179. The lowest BCUT2D eigenvalue weighted by Crippen LogP contribution is -2.44. The zero-order chi connectivity index (χ0) is 24.7. The van der Waals surface area contributed by atoms with Crippen LogP contribution in [0.4, 0.5) is 4.39 Å². The third kappa shape index (κ3) is 6.23. The number of likely N-dealkylation sites (tertiary alicyclic amines) is 1. The van der Waals surface area contributed by atoms with E-state index in [0.717, 1.165) is 32.5 Å². The largest absolute Gasteiger partial charge is 0.478 e. The van der Waals surface area contributed by atoms with Crippen LogP contribution in [0.2, 0.25) is 0 Å². The van der Waals surface area contributed by atoms with E-state index >= 15 is 0 Å². The minimum absolute atomic E-state index is 0.0998. The molecule has 2 saturated heterocycles. The number of hydrogen-bond acceptors (Lipinski definition) is 3. The van der Waals surface area contributed by atoms with Crippen LogP contribution in [0, 0.1) is 18.2 Å². The predicted octanol–water partition coefficient (Wildman–Crippen LogP) is 6.09. The predicted molar refractivity (Wildman–Crippen MR) is 131 cm³/mol. The first-order valence-electron chi connectivity index (χ1n) is 12.4. The highest BCUT2D eigenvalue weighted by atomic mass is 19.1. The van der Waals surface area contributed by atoms with E-state index in [0.29, 0.717) is 22.1 Å². The molecule has 1 atom stereocenters. The van der Waals surface area contributed by atoms with Gasteiger partial charge in [-0.15, -0.1) is 0 Å². The topological polar surface area (TPSA) is 66.8 Å². The molecule has 1 spiro atoms. The molecule has 3 fully saturated rings. The third-order valence-corrected chi connectivity index (χ3v) is 6.88. The number of aryl methyl sites for hydroxylation is 1. The van der Waals surface area contributed by atoms with E-state index < -0.39 is 5.97 Å². The average molecular weight is 470 g/mol. The highest BCUT2D eigenvalue weighted by Gasteiger charge is 2.45. The number of halogens is 1. The summed E-state index contributed by atoms with van der Waals surface area (Å²) in [6, 6.07) is 11.6. The van der Waals surface area contributed by atoms with Crippen molar-refractivity contribution < 1.29 is 23.8 Å². The summed E-state index contributed by atoms with van der Waals surface area (Å²) in [5.74, 6) is -1.17. The van der Waals surface area contributed by atoms with Gasteiger partial charge in [0.2, 0.25) is 0 Å². The lowest BCUT2D eigenvalue weighted by Gasteiger charge is -2.33. The summed E-state index contributed by atoms with van der Waals surface area (Å²) in [7, 11) is 0. The van der Waals surface area contributed by atoms with Crippen molar-refractivity contribution in [3.63, 3.8) is 0 Å². The smallest absolute Gasteiger partial charge is 0.335 e. The minimum atomic E-state index is -1.05. The molecule has 2 heterocycles. The molecule has 34 heavy (non-hydrogen) atoms. The summed E-state index contributed by atoms with van der Waals surface area (Å²) in [6.07, 6.45) is 7.12. The first-order valence-corrected chi connectivity index (χ1v) is 12.4. The van der Waals surface area contributed by atoms with Gasteiger partial charge in [-0.3, -0.25) is 4.79 Å². The van der Waals surface area contributed by atoms with E-state index in [9.17, 15) is 14.0 Å². The number of benzene rings is 2. The van der Waals surface area contributed by atoms with Gasteiger partial charge < -0.3 is 14.7 Å². The van der Waals surface area contributed by atoms with Gasteiger partial charge in [0.15, 0.2) is 0 Å². The molecule has 184 valence electrons. The summed E-state index contributed by atoms with van der Waals surface area (Å²) in [5, 5.41) is 8.95. The molecule has 1 saturated carbocycles. The third-order valence-electron chi connectivity index (χ3n) is 6.88. The quantitative estimate of drug-likeness (QED) is 0.590. The van der Waals surface area contributed by atoms with Gasteiger partial charge in [0.1, 0.15) is 11.9 Å². The van der Waals surface area contributed by atoms with Gasteiger partial charge in [0.25, 0.3) is 5.91 Å². The number of aromatic carboxylic acids is 1. The Morgan fingerprint density at radius 1 is 1.06 bits per heavy atom. The Hall–Kier alpha value is -2.73. The van der Waals surface area contributed by atoms with Gasteiger partial charge >= 0.3 is 5.97 Å². The number of carboxylic acid groups (broad SMARTS) is 1. The fraction of sp³-hybridized carbons (Fsp3) is 0.500. The highest BCUT2D eigenvalue weighted by molar-refractivity contribution is 5.90. The molecule has 0 aromatic heterocycles. The molecule has 5 rings (SSSR count). The van der Waals surface area contributed by atoms with Gasteiger partial charge in [0.05, 0.1) is 5.56 Å². The summed E-state index contributed by atoms with van der Waals surface area (Å²) < 4.78 is 19.4. The summed E-state index contributed by atoms with van der Waals surface area (Å²) >= 11 is 0. The molecular weight excluding hydrogens is 433 g/mol. The van der Waals surface area contributed by atoms with Crippen molar-refractivity contribution in [2.45, 2.75) is 65.4 Å². The van der Waals surface area contributed by atoms with Gasteiger partial charge in [-0.25, -0.2) is 9.18 Å². The molecule has 0 radical (unpaired) electrons. The number of ether oxygens (including phenoxy) is 1. The highest BCUT2D eigenvalue weighted by Crippen LogP contribution is 2.53. The molecule has 6 heteroatoms. The number of carbonyl (C=O) groups excluding carboxylic acids is 1. The molecular formula is C28H36FNO4. The van der Waals surface area contributed by atoms with E-state index in [2.05, 4.69) is 0 Å². The number of piperidine rings is 1. The fourth-order valence-electron chi connectivity index (χ4n) is 4.58. The number of carbonyl (C=O) groups is 2. The fourth-order valence-corrected chi connectivity index (χ4v) is 4.58. The van der Waals surface area contributed by atoms with Crippen molar-refractivity contribution in [3.8, 4) is 11.1 Å². The maximum absolute atomic E-state index is 13.9. The van der Waals surface area contributed by atoms with Crippen molar-refractivity contribution in [1.29, 1.82) is 0 Å². The van der Waals surface area contributed by atoms with Crippen LogP contribution in [-0.4, -0.2) is 47.7 Å². The first kappa shape index (κ1) is 25.9. The second-order valence-electron chi connectivity index (χ2n) is 9.15. The minimum Gasteiger partial charge on any atom is -0.478 e. The SMILES string of the molecule is CC.Cc1cc(C(=O)O)cc(-c2ccccc2)c1F.O=C(C1CCCO1)N1CCC2(CC1)CC2. The van der Waals surface area contributed by atoms with Crippen LogP contribution in [0.5, 0.6) is 0 Å². The molecule has 2 aliphatic heterocycles. The van der Waals surface area contributed by atoms with Gasteiger partial charge in [-0.1, -0.05) is 44.2 Å². The van der Waals surface area contributed by atoms with Gasteiger partial charge in [-0.05, 0) is 74.1 Å². The van der Waals surface area contributed by atoms with Crippen LogP contribution in [0.3, 0.4) is 0 Å². The van der Waals surface area contributed by atoms with Crippen molar-refractivity contribution in [2.24, 2.45) is 5.41 Å². The monoisotopic (exact) mass is 469 g/mol. The van der Waals surface area contributed by atoms with Crippen molar-refractivity contribution in [2.75, 3.05) is 19.7 Å². The van der Waals surface area contributed by atoms with Crippen molar-refractivity contribution in [3.05, 3.63) is 59.4 Å². The van der Waals surface area contributed by atoms with Crippen LogP contribution in [0.15, 0.2) is 42.5 Å². The number of nitrogens with zero attached hydrogens (tertiary/aromatic N) is 1. The number of hydrogen-bond donors (Lipinski definition) is 1. The van der Waals surface area contributed by atoms with Gasteiger partial charge in [0, 0.05) is 25.3 Å². The Morgan fingerprint density at radius 3 is 2.24 bits per heavy atom. The standard InChI is InChI=1S/C14H11FO2.C12H19NO2.C2H6/c1-9-7-11(14(16)17)8-12(13(9)15)10-5-3-2-4-6-10;14-11(10-2-1-9-15-10)13-7-5-12(3-4-12)6-8-13;1-2/h2-8H,1H3,(H,16,17);10H,1-9H2;1-2H3. The van der Waals surface area contributed by atoms with E-state index in [1.165, 1.54) is 37.8 Å². The molecule has 1 unspecified atom stereocenters. The second-order valence-corrected chi connectivity index (χ2v) is 9.15. The Bertz CT molecular complexity index is 971. The number of amides is 1. The number of rotatable bonds is 3. The van der Waals surface area contributed by atoms with E-state index in [1.807, 2.05) is 24.8 Å². The molecule has 2 aromatic carbocycles. The van der Waals surface area contributed by atoms with Gasteiger partial charge in [-0.2, -0.15) is 0 Å². The normalized spacial score (nSPS) is 20.0. The summed E-state index contributed by atoms with van der Waals surface area (Å²) in [5.41, 5.74) is 2.10. The maximum atomic E-state index is 13.9. The van der Waals surface area contributed by atoms with Crippen LogP contribution in [-0.2, 0) is 9.53 Å². The van der Waals surface area contributed by atoms with Crippen LogP contribution in [0.1, 0.15) is 68.3 Å². The average Bonchev–Trinajstić information content (AvgIpc) is 3.39. The van der Waals surface area contributed by atoms with Crippen molar-refractivity contribution in [1.82, 2.24) is 4.90 Å². The lowest BCUT2D eigenvalue weighted by molar-refractivity contribution is -0.142. The Labute approximate surface area is 201 Å². The molecule has 1 N–H and O–H groups in total.